The van der Waals surface area contributed by atoms with Crippen LogP contribution in [0.5, 0.6) is 0 Å². The van der Waals surface area contributed by atoms with E-state index in [2.05, 4.69) is 56.1 Å². The van der Waals surface area contributed by atoms with Gasteiger partial charge in [-0.2, -0.15) is 5.26 Å². The van der Waals surface area contributed by atoms with Crippen LogP contribution in [0.4, 0.5) is 0 Å². The van der Waals surface area contributed by atoms with Gasteiger partial charge in [0.1, 0.15) is 11.9 Å². The Balaban J connectivity index is 2.53. The molecule has 2 rings (SSSR count). The molecule has 0 saturated carbocycles. The summed E-state index contributed by atoms with van der Waals surface area (Å²) in [4.78, 5) is 4.28. The predicted molar refractivity (Wildman–Crippen MR) is 76.8 cm³/mol. The second-order valence-electron chi connectivity index (χ2n) is 5.85. The summed E-state index contributed by atoms with van der Waals surface area (Å²) in [6, 6.07) is 10.6. The number of hydrogen-bond donors (Lipinski definition) is 0. The van der Waals surface area contributed by atoms with Crippen molar-refractivity contribution in [3.8, 4) is 17.3 Å². The van der Waals surface area contributed by atoms with Crippen LogP contribution in [-0.2, 0) is 12.5 Å². The zero-order valence-electron chi connectivity index (χ0n) is 12.2. The largest absolute Gasteiger partial charge is 0.330 e. The molecule has 0 aliphatic heterocycles. The molecule has 0 spiro atoms. The number of imidazole rings is 1. The highest BCUT2D eigenvalue weighted by atomic mass is 15.1. The molecule has 2 aromatic rings. The topological polar surface area (TPSA) is 41.6 Å². The van der Waals surface area contributed by atoms with Crippen molar-refractivity contribution in [2.75, 3.05) is 0 Å². The minimum atomic E-state index is 0.138. The maximum atomic E-state index is 9.18. The van der Waals surface area contributed by atoms with Crippen LogP contribution in [0.15, 0.2) is 24.3 Å². The first-order valence-electron chi connectivity index (χ1n) is 6.39. The SMILES string of the molecule is Cc1nc(C#N)c(-c2ccc(C(C)(C)C)cc2)n1C. The molecule has 3 nitrogen and oxygen atoms in total. The standard InChI is InChI=1S/C16H19N3/c1-11-18-14(10-17)15(19(11)5)12-6-8-13(9-7-12)16(2,3)4/h6-9H,1-5H3. The second-order valence-corrected chi connectivity index (χ2v) is 5.85. The van der Waals surface area contributed by atoms with E-state index in [9.17, 15) is 5.26 Å². The Bertz CT molecular complexity index is 634. The molecule has 0 aliphatic carbocycles. The van der Waals surface area contributed by atoms with Gasteiger partial charge in [0.15, 0.2) is 5.69 Å². The van der Waals surface area contributed by atoms with Crippen molar-refractivity contribution in [3.05, 3.63) is 41.3 Å². The highest BCUT2D eigenvalue weighted by Crippen LogP contribution is 2.28. The van der Waals surface area contributed by atoms with E-state index in [0.29, 0.717) is 5.69 Å². The quantitative estimate of drug-likeness (QED) is 0.779. The molecule has 0 bridgehead atoms. The average molecular weight is 253 g/mol. The Morgan fingerprint density at radius 1 is 1.16 bits per heavy atom. The van der Waals surface area contributed by atoms with Crippen LogP contribution in [0.25, 0.3) is 11.3 Å². The second kappa shape index (κ2) is 4.55. The number of hydrogen-bond acceptors (Lipinski definition) is 2. The summed E-state index contributed by atoms with van der Waals surface area (Å²) in [6.45, 7) is 8.48. The van der Waals surface area contributed by atoms with E-state index in [1.165, 1.54) is 5.56 Å². The molecule has 1 aromatic heterocycles. The van der Waals surface area contributed by atoms with E-state index in [4.69, 9.17) is 0 Å². The fourth-order valence-electron chi connectivity index (χ4n) is 2.15. The van der Waals surface area contributed by atoms with Gasteiger partial charge >= 0.3 is 0 Å². The highest BCUT2D eigenvalue weighted by Gasteiger charge is 2.16. The van der Waals surface area contributed by atoms with Gasteiger partial charge in [0, 0.05) is 12.6 Å². The van der Waals surface area contributed by atoms with Gasteiger partial charge in [-0.25, -0.2) is 4.98 Å². The van der Waals surface area contributed by atoms with E-state index in [1.54, 1.807) is 0 Å². The summed E-state index contributed by atoms with van der Waals surface area (Å²) in [6.07, 6.45) is 0. The first-order chi connectivity index (χ1) is 8.84. The van der Waals surface area contributed by atoms with Gasteiger partial charge < -0.3 is 4.57 Å². The van der Waals surface area contributed by atoms with E-state index in [0.717, 1.165) is 17.1 Å². The van der Waals surface area contributed by atoms with Gasteiger partial charge in [0.05, 0.1) is 5.69 Å². The summed E-state index contributed by atoms with van der Waals surface area (Å²) in [5, 5.41) is 9.18. The molecule has 0 unspecified atom stereocenters. The first-order valence-corrected chi connectivity index (χ1v) is 6.39. The summed E-state index contributed by atoms with van der Waals surface area (Å²) < 4.78 is 1.96. The van der Waals surface area contributed by atoms with Gasteiger partial charge in [0.25, 0.3) is 0 Å². The lowest BCUT2D eigenvalue weighted by Gasteiger charge is -2.19. The lowest BCUT2D eigenvalue weighted by Crippen LogP contribution is -2.10. The molecule has 0 amide bonds. The molecule has 0 atom stereocenters. The van der Waals surface area contributed by atoms with Crippen molar-refractivity contribution >= 4 is 0 Å². The van der Waals surface area contributed by atoms with Crippen LogP contribution < -0.4 is 0 Å². The number of nitrogens with zero attached hydrogens (tertiary/aromatic N) is 3. The fraction of sp³-hybridized carbons (Fsp3) is 0.375. The zero-order chi connectivity index (χ0) is 14.2. The van der Waals surface area contributed by atoms with Crippen LogP contribution in [0.1, 0.15) is 37.9 Å². The van der Waals surface area contributed by atoms with E-state index < -0.39 is 0 Å². The number of aromatic nitrogens is 2. The molecule has 3 heteroatoms. The number of rotatable bonds is 1. The Morgan fingerprint density at radius 3 is 2.21 bits per heavy atom. The third-order valence-corrected chi connectivity index (χ3v) is 3.45. The van der Waals surface area contributed by atoms with Gasteiger partial charge in [-0.3, -0.25) is 0 Å². The summed E-state index contributed by atoms with van der Waals surface area (Å²) in [5.74, 6) is 0.853. The lowest BCUT2D eigenvalue weighted by atomic mass is 9.86. The van der Waals surface area contributed by atoms with Crippen molar-refractivity contribution < 1.29 is 0 Å². The smallest absolute Gasteiger partial charge is 0.166 e. The Hall–Kier alpha value is -2.08. The molecule has 0 radical (unpaired) electrons. The van der Waals surface area contributed by atoms with Crippen molar-refractivity contribution in [1.29, 1.82) is 5.26 Å². The summed E-state index contributed by atoms with van der Waals surface area (Å²) in [5.41, 5.74) is 3.84. The zero-order valence-corrected chi connectivity index (χ0v) is 12.2. The molecule has 1 aromatic carbocycles. The van der Waals surface area contributed by atoms with Crippen molar-refractivity contribution in [2.45, 2.75) is 33.1 Å². The average Bonchev–Trinajstić information content (AvgIpc) is 2.64. The van der Waals surface area contributed by atoms with Crippen LogP contribution in [0, 0.1) is 18.3 Å². The molecule has 0 saturated heterocycles. The third kappa shape index (κ3) is 2.39. The van der Waals surface area contributed by atoms with Gasteiger partial charge in [-0.15, -0.1) is 0 Å². The Labute approximate surface area is 114 Å². The molecule has 0 N–H and O–H groups in total. The third-order valence-electron chi connectivity index (χ3n) is 3.45. The highest BCUT2D eigenvalue weighted by molar-refractivity contribution is 5.66. The molecule has 98 valence electrons. The summed E-state index contributed by atoms with van der Waals surface area (Å²) >= 11 is 0. The fourth-order valence-corrected chi connectivity index (χ4v) is 2.15. The number of benzene rings is 1. The Morgan fingerprint density at radius 2 is 1.74 bits per heavy atom. The molecular weight excluding hydrogens is 234 g/mol. The van der Waals surface area contributed by atoms with Crippen LogP contribution in [0.3, 0.4) is 0 Å². The Kier molecular flexibility index (Phi) is 3.20. The molecular formula is C16H19N3. The monoisotopic (exact) mass is 253 g/mol. The molecule has 0 aliphatic rings. The van der Waals surface area contributed by atoms with Crippen LogP contribution >= 0.6 is 0 Å². The van der Waals surface area contributed by atoms with E-state index in [1.807, 2.05) is 18.5 Å². The van der Waals surface area contributed by atoms with E-state index >= 15 is 0 Å². The van der Waals surface area contributed by atoms with E-state index in [-0.39, 0.29) is 5.41 Å². The van der Waals surface area contributed by atoms with Gasteiger partial charge in [-0.1, -0.05) is 45.0 Å². The van der Waals surface area contributed by atoms with Crippen molar-refractivity contribution in [2.24, 2.45) is 7.05 Å². The number of nitriles is 1. The molecule has 1 heterocycles. The minimum Gasteiger partial charge on any atom is -0.330 e. The van der Waals surface area contributed by atoms with Crippen LogP contribution in [-0.4, -0.2) is 9.55 Å². The van der Waals surface area contributed by atoms with Crippen LogP contribution in [0.2, 0.25) is 0 Å². The normalized spacial score (nSPS) is 11.4. The van der Waals surface area contributed by atoms with Gasteiger partial charge in [-0.05, 0) is 17.9 Å². The molecule has 19 heavy (non-hydrogen) atoms. The number of aryl methyl sites for hydroxylation is 1. The predicted octanol–water partition coefficient (Wildman–Crippen LogP) is 3.56. The maximum absolute atomic E-state index is 9.18. The van der Waals surface area contributed by atoms with Gasteiger partial charge in [0.2, 0.25) is 0 Å². The molecule has 0 fully saturated rings. The lowest BCUT2D eigenvalue weighted by molar-refractivity contribution is 0.590. The minimum absolute atomic E-state index is 0.138. The summed E-state index contributed by atoms with van der Waals surface area (Å²) in [7, 11) is 1.94. The van der Waals surface area contributed by atoms with Crippen molar-refractivity contribution in [1.82, 2.24) is 9.55 Å². The van der Waals surface area contributed by atoms with Crippen molar-refractivity contribution in [3.63, 3.8) is 0 Å². The maximum Gasteiger partial charge on any atom is 0.166 e. The first kappa shape index (κ1) is 13.4.